The lowest BCUT2D eigenvalue weighted by molar-refractivity contribution is 0.233. The predicted molar refractivity (Wildman–Crippen MR) is 111 cm³/mol. The van der Waals surface area contributed by atoms with Gasteiger partial charge in [-0.25, -0.2) is 0 Å². The van der Waals surface area contributed by atoms with E-state index in [1.54, 1.807) is 0 Å². The van der Waals surface area contributed by atoms with E-state index in [9.17, 15) is 0 Å². The van der Waals surface area contributed by atoms with Gasteiger partial charge in [0, 0.05) is 30.2 Å². The van der Waals surface area contributed by atoms with Crippen LogP contribution in [0.15, 0.2) is 42.7 Å². The SMILES string of the molecule is S=C1N[C@@H](c2ccccn2)[C@@H](c2cccn2C2CCCC2)N1C1CCCC1. The van der Waals surface area contributed by atoms with Crippen molar-refractivity contribution in [3.8, 4) is 0 Å². The fourth-order valence-corrected chi connectivity index (χ4v) is 5.82. The number of pyridine rings is 1. The summed E-state index contributed by atoms with van der Waals surface area (Å²) in [4.78, 5) is 7.20. The molecule has 2 aromatic rings. The second-order valence-corrected chi connectivity index (χ2v) is 8.64. The first-order valence-electron chi connectivity index (χ1n) is 10.5. The standard InChI is InChI=1S/C22H28N4S/c27-22-24-20(18-12-5-6-14-23-18)21(26(22)17-10-3-4-11-17)19-13-7-15-25(19)16-8-1-2-9-16/h5-7,12-17,20-21H,1-4,8-11H2,(H,24,27)/t20-,21+/m0/s1. The Balaban J connectivity index is 1.57. The van der Waals surface area contributed by atoms with Crippen LogP contribution >= 0.6 is 12.2 Å². The molecule has 0 spiro atoms. The molecule has 0 unspecified atom stereocenters. The minimum Gasteiger partial charge on any atom is -0.352 e. The maximum Gasteiger partial charge on any atom is 0.170 e. The van der Waals surface area contributed by atoms with Gasteiger partial charge in [-0.1, -0.05) is 31.7 Å². The number of hydrogen-bond donors (Lipinski definition) is 1. The zero-order valence-electron chi connectivity index (χ0n) is 15.8. The molecule has 1 N–H and O–H groups in total. The molecule has 5 rings (SSSR count). The quantitative estimate of drug-likeness (QED) is 0.764. The largest absolute Gasteiger partial charge is 0.352 e. The number of rotatable bonds is 4. The van der Waals surface area contributed by atoms with Gasteiger partial charge < -0.3 is 14.8 Å². The molecule has 5 heteroatoms. The van der Waals surface area contributed by atoms with Crippen LogP contribution in [0.5, 0.6) is 0 Å². The van der Waals surface area contributed by atoms with Crippen molar-refractivity contribution in [2.24, 2.45) is 0 Å². The monoisotopic (exact) mass is 380 g/mol. The molecule has 2 atom stereocenters. The van der Waals surface area contributed by atoms with Crippen molar-refractivity contribution in [2.75, 3.05) is 0 Å². The van der Waals surface area contributed by atoms with Crippen molar-refractivity contribution in [3.63, 3.8) is 0 Å². The fraction of sp³-hybridized carbons (Fsp3) is 0.545. The van der Waals surface area contributed by atoms with Crippen molar-refractivity contribution in [2.45, 2.75) is 75.5 Å². The zero-order valence-corrected chi connectivity index (χ0v) is 16.6. The second kappa shape index (κ2) is 7.27. The van der Waals surface area contributed by atoms with Crippen LogP contribution < -0.4 is 5.32 Å². The van der Waals surface area contributed by atoms with Crippen LogP contribution in [-0.4, -0.2) is 25.6 Å². The van der Waals surface area contributed by atoms with Gasteiger partial charge in [0.2, 0.25) is 0 Å². The van der Waals surface area contributed by atoms with Gasteiger partial charge in [0.25, 0.3) is 0 Å². The molecule has 0 amide bonds. The highest BCUT2D eigenvalue weighted by atomic mass is 32.1. The Morgan fingerprint density at radius 3 is 2.37 bits per heavy atom. The molecule has 1 aliphatic heterocycles. The van der Waals surface area contributed by atoms with Crippen molar-refractivity contribution in [1.82, 2.24) is 19.8 Å². The fourth-order valence-electron chi connectivity index (χ4n) is 5.43. The average molecular weight is 381 g/mol. The van der Waals surface area contributed by atoms with E-state index in [-0.39, 0.29) is 12.1 Å². The van der Waals surface area contributed by atoms with Gasteiger partial charge in [0.1, 0.15) is 0 Å². The summed E-state index contributed by atoms with van der Waals surface area (Å²) in [6, 6.07) is 12.3. The molecule has 3 heterocycles. The predicted octanol–water partition coefficient (Wildman–Crippen LogP) is 4.91. The summed E-state index contributed by atoms with van der Waals surface area (Å²) in [7, 11) is 0. The third-order valence-electron chi connectivity index (χ3n) is 6.69. The molecular formula is C22H28N4S. The van der Waals surface area contributed by atoms with Gasteiger partial charge in [0.05, 0.1) is 17.8 Å². The lowest BCUT2D eigenvalue weighted by atomic mass is 9.99. The summed E-state index contributed by atoms with van der Waals surface area (Å²) in [6.45, 7) is 0. The summed E-state index contributed by atoms with van der Waals surface area (Å²) in [5.74, 6) is 0. The normalized spacial score (nSPS) is 26.8. The first-order valence-corrected chi connectivity index (χ1v) is 10.9. The van der Waals surface area contributed by atoms with Crippen LogP contribution in [0.2, 0.25) is 0 Å². The Morgan fingerprint density at radius 1 is 0.926 bits per heavy atom. The van der Waals surface area contributed by atoms with Crippen LogP contribution in [0.3, 0.4) is 0 Å². The van der Waals surface area contributed by atoms with Crippen LogP contribution in [-0.2, 0) is 0 Å². The van der Waals surface area contributed by atoms with Crippen LogP contribution in [0.25, 0.3) is 0 Å². The second-order valence-electron chi connectivity index (χ2n) is 8.25. The number of nitrogens with one attached hydrogen (secondary N) is 1. The Bertz CT molecular complexity index is 790. The highest BCUT2D eigenvalue weighted by Gasteiger charge is 2.45. The van der Waals surface area contributed by atoms with Gasteiger partial charge >= 0.3 is 0 Å². The zero-order chi connectivity index (χ0) is 18.2. The van der Waals surface area contributed by atoms with Crippen molar-refractivity contribution in [3.05, 3.63) is 54.1 Å². The molecular weight excluding hydrogens is 352 g/mol. The first-order chi connectivity index (χ1) is 13.3. The molecule has 1 saturated heterocycles. The lowest BCUT2D eigenvalue weighted by Gasteiger charge is -2.34. The van der Waals surface area contributed by atoms with E-state index in [1.807, 2.05) is 12.3 Å². The molecule has 2 aromatic heterocycles. The van der Waals surface area contributed by atoms with Gasteiger partial charge in [-0.15, -0.1) is 0 Å². The summed E-state index contributed by atoms with van der Waals surface area (Å²) in [6.07, 6.45) is 14.6. The average Bonchev–Trinajstić information content (AvgIpc) is 3.46. The van der Waals surface area contributed by atoms with E-state index >= 15 is 0 Å². The highest BCUT2D eigenvalue weighted by Crippen LogP contribution is 2.44. The topological polar surface area (TPSA) is 33.1 Å². The van der Waals surface area contributed by atoms with Crippen LogP contribution in [0, 0.1) is 0 Å². The molecule has 2 aliphatic carbocycles. The third kappa shape index (κ3) is 3.06. The number of aromatic nitrogens is 2. The molecule has 2 saturated carbocycles. The summed E-state index contributed by atoms with van der Waals surface area (Å²) < 4.78 is 2.55. The number of nitrogens with zero attached hydrogens (tertiary/aromatic N) is 3. The summed E-state index contributed by atoms with van der Waals surface area (Å²) in [5.41, 5.74) is 2.49. The maximum atomic E-state index is 5.86. The van der Waals surface area contributed by atoms with Gasteiger partial charge in [-0.05, 0) is 62.2 Å². The third-order valence-corrected chi connectivity index (χ3v) is 7.01. The molecule has 3 fully saturated rings. The van der Waals surface area contributed by atoms with E-state index in [0.717, 1.165) is 10.8 Å². The van der Waals surface area contributed by atoms with E-state index in [1.165, 1.54) is 57.1 Å². The van der Waals surface area contributed by atoms with E-state index in [4.69, 9.17) is 12.2 Å². The van der Waals surface area contributed by atoms with E-state index < -0.39 is 0 Å². The molecule has 3 aliphatic rings. The van der Waals surface area contributed by atoms with Crippen LogP contribution in [0.1, 0.15) is 80.9 Å². The van der Waals surface area contributed by atoms with Crippen molar-refractivity contribution >= 4 is 17.3 Å². The van der Waals surface area contributed by atoms with Crippen molar-refractivity contribution in [1.29, 1.82) is 0 Å². The Labute approximate surface area is 167 Å². The Hall–Kier alpha value is -1.88. The molecule has 27 heavy (non-hydrogen) atoms. The van der Waals surface area contributed by atoms with Gasteiger partial charge in [-0.3, -0.25) is 4.98 Å². The van der Waals surface area contributed by atoms with Gasteiger partial charge in [-0.2, -0.15) is 0 Å². The first kappa shape index (κ1) is 17.2. The number of hydrogen-bond acceptors (Lipinski definition) is 2. The molecule has 4 nitrogen and oxygen atoms in total. The van der Waals surface area contributed by atoms with E-state index in [2.05, 4.69) is 50.2 Å². The maximum absolute atomic E-state index is 5.86. The lowest BCUT2D eigenvalue weighted by Crippen LogP contribution is -2.38. The Kier molecular flexibility index (Phi) is 4.64. The molecule has 0 aromatic carbocycles. The smallest absolute Gasteiger partial charge is 0.170 e. The molecule has 0 radical (unpaired) electrons. The van der Waals surface area contributed by atoms with Gasteiger partial charge in [0.15, 0.2) is 5.11 Å². The summed E-state index contributed by atoms with van der Waals surface area (Å²) >= 11 is 5.86. The van der Waals surface area contributed by atoms with Crippen LogP contribution in [0.4, 0.5) is 0 Å². The summed E-state index contributed by atoms with van der Waals surface area (Å²) in [5, 5.41) is 4.54. The molecule has 142 valence electrons. The minimum absolute atomic E-state index is 0.120. The Morgan fingerprint density at radius 2 is 1.67 bits per heavy atom. The molecule has 0 bridgehead atoms. The highest BCUT2D eigenvalue weighted by molar-refractivity contribution is 7.80. The minimum atomic E-state index is 0.120. The van der Waals surface area contributed by atoms with E-state index in [0.29, 0.717) is 12.1 Å². The number of thiocarbonyl (C=S) groups is 1. The van der Waals surface area contributed by atoms with Crippen molar-refractivity contribution < 1.29 is 0 Å².